The SMILES string of the molecule is CCN(CC)c1c(C(=O)c2cc3ccccc3o2)c(=O)oc2ccccc12. The molecule has 27 heavy (non-hydrogen) atoms. The molecule has 2 heterocycles. The molecule has 0 unspecified atom stereocenters. The average Bonchev–Trinajstić information content (AvgIpc) is 3.12. The van der Waals surface area contributed by atoms with Crippen molar-refractivity contribution < 1.29 is 13.6 Å². The monoisotopic (exact) mass is 361 g/mol. The first-order chi connectivity index (χ1) is 13.1. The zero-order valence-corrected chi connectivity index (χ0v) is 15.2. The molecule has 0 bridgehead atoms. The fraction of sp³-hybridized carbons (Fsp3) is 0.182. The molecule has 0 aliphatic rings. The Morgan fingerprint density at radius 1 is 0.926 bits per heavy atom. The van der Waals surface area contributed by atoms with Crippen LogP contribution in [0.25, 0.3) is 21.9 Å². The van der Waals surface area contributed by atoms with Crippen LogP contribution in [0.4, 0.5) is 5.69 Å². The Kier molecular flexibility index (Phi) is 4.28. The van der Waals surface area contributed by atoms with Gasteiger partial charge in [-0.15, -0.1) is 0 Å². The quantitative estimate of drug-likeness (QED) is 0.383. The van der Waals surface area contributed by atoms with Crippen molar-refractivity contribution in [1.29, 1.82) is 0 Å². The second kappa shape index (κ2) is 6.76. The molecule has 0 saturated heterocycles. The number of anilines is 1. The summed E-state index contributed by atoms with van der Waals surface area (Å²) in [6.45, 7) is 5.29. The van der Waals surface area contributed by atoms with E-state index < -0.39 is 11.4 Å². The van der Waals surface area contributed by atoms with E-state index in [-0.39, 0.29) is 11.3 Å². The minimum absolute atomic E-state index is 0.0106. The van der Waals surface area contributed by atoms with Gasteiger partial charge in [0.15, 0.2) is 5.76 Å². The Hall–Kier alpha value is -3.34. The smallest absolute Gasteiger partial charge is 0.349 e. The third kappa shape index (κ3) is 2.81. The van der Waals surface area contributed by atoms with Crippen LogP contribution in [0, 0.1) is 0 Å². The molecule has 4 aromatic rings. The van der Waals surface area contributed by atoms with Crippen molar-refractivity contribution in [2.45, 2.75) is 13.8 Å². The van der Waals surface area contributed by atoms with Crippen LogP contribution in [0.5, 0.6) is 0 Å². The summed E-state index contributed by atoms with van der Waals surface area (Å²) < 4.78 is 11.1. The predicted octanol–water partition coefficient (Wildman–Crippen LogP) is 4.62. The molecule has 0 atom stereocenters. The first-order valence-corrected chi connectivity index (χ1v) is 8.98. The molecule has 0 saturated carbocycles. The topological polar surface area (TPSA) is 63.7 Å². The maximum atomic E-state index is 13.3. The molecule has 0 amide bonds. The zero-order valence-electron chi connectivity index (χ0n) is 15.2. The molecule has 2 aromatic heterocycles. The molecule has 0 aliphatic heterocycles. The van der Waals surface area contributed by atoms with Crippen molar-refractivity contribution in [3.63, 3.8) is 0 Å². The standard InChI is InChI=1S/C22H19NO4/c1-3-23(4-2)20-15-10-6-8-12-17(15)27-22(25)19(20)21(24)18-13-14-9-5-7-11-16(14)26-18/h5-13H,3-4H2,1-2H3. The summed E-state index contributed by atoms with van der Waals surface area (Å²) in [6, 6.07) is 16.3. The van der Waals surface area contributed by atoms with Gasteiger partial charge in [-0.3, -0.25) is 4.79 Å². The molecule has 0 aliphatic carbocycles. The van der Waals surface area contributed by atoms with Crippen LogP contribution in [0.3, 0.4) is 0 Å². The number of ketones is 1. The van der Waals surface area contributed by atoms with E-state index in [1.54, 1.807) is 24.3 Å². The van der Waals surface area contributed by atoms with E-state index in [9.17, 15) is 9.59 Å². The van der Waals surface area contributed by atoms with Gasteiger partial charge in [0.2, 0.25) is 5.78 Å². The molecule has 0 fully saturated rings. The van der Waals surface area contributed by atoms with Gasteiger partial charge >= 0.3 is 5.63 Å². The minimum atomic E-state index is -0.652. The van der Waals surface area contributed by atoms with E-state index in [2.05, 4.69) is 0 Å². The fourth-order valence-electron chi connectivity index (χ4n) is 3.42. The second-order valence-electron chi connectivity index (χ2n) is 6.26. The number of para-hydroxylation sites is 2. The van der Waals surface area contributed by atoms with Crippen LogP contribution >= 0.6 is 0 Å². The van der Waals surface area contributed by atoms with Crippen LogP contribution in [0.2, 0.25) is 0 Å². The van der Waals surface area contributed by atoms with Crippen LogP contribution in [-0.4, -0.2) is 18.9 Å². The maximum absolute atomic E-state index is 13.3. The third-order valence-electron chi connectivity index (χ3n) is 4.74. The van der Waals surface area contributed by atoms with Gasteiger partial charge in [0, 0.05) is 23.9 Å². The van der Waals surface area contributed by atoms with Gasteiger partial charge < -0.3 is 13.7 Å². The average molecular weight is 361 g/mol. The highest BCUT2D eigenvalue weighted by atomic mass is 16.4. The molecule has 0 spiro atoms. The predicted molar refractivity (Wildman–Crippen MR) is 106 cm³/mol. The lowest BCUT2D eigenvalue weighted by Crippen LogP contribution is -2.28. The van der Waals surface area contributed by atoms with Gasteiger partial charge in [-0.25, -0.2) is 4.79 Å². The largest absolute Gasteiger partial charge is 0.453 e. The summed E-state index contributed by atoms with van der Waals surface area (Å²) >= 11 is 0. The van der Waals surface area contributed by atoms with Gasteiger partial charge in [0.1, 0.15) is 16.7 Å². The number of fused-ring (bicyclic) bond motifs is 2. The molecule has 4 rings (SSSR count). The van der Waals surface area contributed by atoms with Crippen LogP contribution in [0.1, 0.15) is 30.0 Å². The van der Waals surface area contributed by atoms with Crippen molar-refractivity contribution in [3.05, 3.63) is 76.3 Å². The molecule has 2 aromatic carbocycles. The number of rotatable bonds is 5. The minimum Gasteiger partial charge on any atom is -0.453 e. The first-order valence-electron chi connectivity index (χ1n) is 8.98. The molecular weight excluding hydrogens is 342 g/mol. The van der Waals surface area contributed by atoms with Crippen LogP contribution < -0.4 is 10.5 Å². The second-order valence-corrected chi connectivity index (χ2v) is 6.26. The normalized spacial score (nSPS) is 11.2. The van der Waals surface area contributed by atoms with Crippen molar-refractivity contribution >= 4 is 33.4 Å². The lowest BCUT2D eigenvalue weighted by molar-refractivity contribution is 0.101. The van der Waals surface area contributed by atoms with Crippen LogP contribution in [-0.2, 0) is 0 Å². The summed E-state index contributed by atoms with van der Waals surface area (Å²) in [5.74, 6) is -0.334. The highest BCUT2D eigenvalue weighted by molar-refractivity contribution is 6.15. The summed E-state index contributed by atoms with van der Waals surface area (Å²) in [6.07, 6.45) is 0. The summed E-state index contributed by atoms with van der Waals surface area (Å²) in [4.78, 5) is 28.0. The van der Waals surface area contributed by atoms with Gasteiger partial charge in [-0.2, -0.15) is 0 Å². The fourth-order valence-corrected chi connectivity index (χ4v) is 3.42. The molecule has 5 heteroatoms. The van der Waals surface area contributed by atoms with Gasteiger partial charge in [-0.1, -0.05) is 30.3 Å². The van der Waals surface area contributed by atoms with E-state index in [4.69, 9.17) is 8.83 Å². The van der Waals surface area contributed by atoms with E-state index in [0.29, 0.717) is 29.9 Å². The highest BCUT2D eigenvalue weighted by Crippen LogP contribution is 2.31. The summed E-state index contributed by atoms with van der Waals surface area (Å²) in [5, 5.41) is 1.55. The van der Waals surface area contributed by atoms with E-state index in [1.807, 2.05) is 49.1 Å². The molecule has 136 valence electrons. The van der Waals surface area contributed by atoms with Gasteiger partial charge in [0.05, 0.1) is 5.69 Å². The van der Waals surface area contributed by atoms with Crippen molar-refractivity contribution in [3.8, 4) is 0 Å². The molecule has 5 nitrogen and oxygen atoms in total. The number of furan rings is 1. The van der Waals surface area contributed by atoms with E-state index >= 15 is 0 Å². The maximum Gasteiger partial charge on any atom is 0.349 e. The Morgan fingerprint density at radius 2 is 1.59 bits per heavy atom. The number of hydrogen-bond acceptors (Lipinski definition) is 5. The van der Waals surface area contributed by atoms with Crippen molar-refractivity contribution in [2.24, 2.45) is 0 Å². The number of carbonyl (C=O) groups is 1. The zero-order chi connectivity index (χ0) is 19.0. The van der Waals surface area contributed by atoms with E-state index in [1.165, 1.54) is 0 Å². The number of benzene rings is 2. The Labute approximate surface area is 155 Å². The Balaban J connectivity index is 1.99. The highest BCUT2D eigenvalue weighted by Gasteiger charge is 2.27. The first kappa shape index (κ1) is 17.1. The molecule has 0 N–H and O–H groups in total. The van der Waals surface area contributed by atoms with Gasteiger partial charge in [0.25, 0.3) is 0 Å². The molecule has 0 radical (unpaired) electrons. The van der Waals surface area contributed by atoms with E-state index in [0.717, 1.165) is 10.8 Å². The Bertz CT molecular complexity index is 1160. The number of hydrogen-bond donors (Lipinski definition) is 0. The Morgan fingerprint density at radius 3 is 2.30 bits per heavy atom. The summed E-state index contributed by atoms with van der Waals surface area (Å²) in [5.41, 5.74) is 1.02. The third-order valence-corrected chi connectivity index (χ3v) is 4.74. The lowest BCUT2D eigenvalue weighted by atomic mass is 10.0. The number of nitrogens with zero attached hydrogens (tertiary/aromatic N) is 1. The van der Waals surface area contributed by atoms with Crippen molar-refractivity contribution in [2.75, 3.05) is 18.0 Å². The van der Waals surface area contributed by atoms with Crippen molar-refractivity contribution in [1.82, 2.24) is 0 Å². The van der Waals surface area contributed by atoms with Crippen LogP contribution in [0.15, 0.2) is 68.2 Å². The number of carbonyl (C=O) groups excluding carboxylic acids is 1. The molecular formula is C22H19NO4. The lowest BCUT2D eigenvalue weighted by Gasteiger charge is -2.24. The summed E-state index contributed by atoms with van der Waals surface area (Å²) in [7, 11) is 0. The van der Waals surface area contributed by atoms with Gasteiger partial charge in [-0.05, 0) is 38.1 Å².